The molecule has 0 spiro atoms. The van der Waals surface area contributed by atoms with Gasteiger partial charge in [0.15, 0.2) is 6.17 Å². The Balaban J connectivity index is 2.12. The lowest BCUT2D eigenvalue weighted by atomic mass is 10.1. The molecule has 0 saturated heterocycles. The molecule has 21 heavy (non-hydrogen) atoms. The lowest BCUT2D eigenvalue weighted by Gasteiger charge is -2.23. The first-order valence-electron chi connectivity index (χ1n) is 6.64. The molecule has 1 atom stereocenters. The second kappa shape index (κ2) is 6.34. The zero-order valence-electron chi connectivity index (χ0n) is 11.8. The number of aliphatic imine (C=N–C) groups is 1. The van der Waals surface area contributed by atoms with Crippen LogP contribution >= 0.6 is 0 Å². The van der Waals surface area contributed by atoms with Gasteiger partial charge in [-0.1, -0.05) is 26.0 Å². The number of nitrogens with one attached hydrogen (secondary N) is 3. The van der Waals surface area contributed by atoms with Crippen LogP contribution in [0.2, 0.25) is 0 Å². The van der Waals surface area contributed by atoms with Crippen LogP contribution in [0.4, 0.5) is 9.18 Å². The molecule has 0 bridgehead atoms. The smallest absolute Gasteiger partial charge is 0.312 e. The van der Waals surface area contributed by atoms with Gasteiger partial charge in [-0.05, 0) is 23.6 Å². The van der Waals surface area contributed by atoms with Gasteiger partial charge >= 0.3 is 6.03 Å². The minimum atomic E-state index is -0.659. The van der Waals surface area contributed by atoms with Crippen molar-refractivity contribution in [2.24, 2.45) is 10.9 Å². The lowest BCUT2D eigenvalue weighted by molar-refractivity contribution is -0.120. The fraction of sp³-hybridized carbons (Fsp3) is 0.357. The van der Waals surface area contributed by atoms with Crippen molar-refractivity contribution in [3.05, 3.63) is 35.6 Å². The van der Waals surface area contributed by atoms with Crippen molar-refractivity contribution < 1.29 is 14.0 Å². The second-order valence-electron chi connectivity index (χ2n) is 5.18. The Bertz CT molecular complexity index is 569. The van der Waals surface area contributed by atoms with Crippen LogP contribution in [0.3, 0.4) is 0 Å². The molecule has 1 aliphatic rings. The van der Waals surface area contributed by atoms with E-state index in [2.05, 4.69) is 20.9 Å². The molecule has 0 aromatic heterocycles. The zero-order chi connectivity index (χ0) is 15.4. The molecule has 112 valence electrons. The maximum Gasteiger partial charge on any atom is 0.323 e. The van der Waals surface area contributed by atoms with Crippen LogP contribution in [0.1, 0.15) is 32.0 Å². The van der Waals surface area contributed by atoms with Crippen LogP contribution < -0.4 is 16.0 Å². The minimum absolute atomic E-state index is 0.0960. The van der Waals surface area contributed by atoms with Crippen molar-refractivity contribution in [2.75, 3.05) is 0 Å². The first kappa shape index (κ1) is 15.0. The van der Waals surface area contributed by atoms with Gasteiger partial charge in [0, 0.05) is 6.42 Å². The highest BCUT2D eigenvalue weighted by Gasteiger charge is 2.22. The Morgan fingerprint density at radius 1 is 1.38 bits per heavy atom. The van der Waals surface area contributed by atoms with E-state index in [1.807, 2.05) is 13.8 Å². The van der Waals surface area contributed by atoms with Gasteiger partial charge in [-0.25, -0.2) is 14.2 Å². The van der Waals surface area contributed by atoms with E-state index in [0.717, 1.165) is 0 Å². The number of rotatable bonds is 3. The quantitative estimate of drug-likeness (QED) is 0.791. The van der Waals surface area contributed by atoms with E-state index in [-0.39, 0.29) is 23.6 Å². The predicted octanol–water partition coefficient (Wildman–Crippen LogP) is 1.66. The normalized spacial score (nSPS) is 17.8. The molecular formula is C14H17FN4O2. The van der Waals surface area contributed by atoms with Gasteiger partial charge in [0.05, 0.1) is 0 Å². The summed E-state index contributed by atoms with van der Waals surface area (Å²) in [6, 6.07) is 5.16. The number of halogens is 1. The topological polar surface area (TPSA) is 82.6 Å². The molecule has 3 N–H and O–H groups in total. The third kappa shape index (κ3) is 4.27. The van der Waals surface area contributed by atoms with Crippen molar-refractivity contribution in [1.82, 2.24) is 16.0 Å². The number of nitrogens with zero attached hydrogens (tertiary/aromatic N) is 1. The number of carbonyl (C=O) groups excluding carboxylic acids is 2. The SMILES string of the molecule is CC(C)CC(=O)NC1=NC(c2ccc(F)cc2)NC(=O)N1. The Kier molecular flexibility index (Phi) is 4.52. The fourth-order valence-electron chi connectivity index (χ4n) is 1.88. The number of amides is 3. The molecule has 3 amide bonds. The number of hydrogen-bond donors (Lipinski definition) is 3. The van der Waals surface area contributed by atoms with E-state index in [9.17, 15) is 14.0 Å². The van der Waals surface area contributed by atoms with Gasteiger partial charge in [0.25, 0.3) is 0 Å². The van der Waals surface area contributed by atoms with E-state index in [1.54, 1.807) is 0 Å². The Morgan fingerprint density at radius 3 is 2.67 bits per heavy atom. The summed E-state index contributed by atoms with van der Waals surface area (Å²) in [7, 11) is 0. The van der Waals surface area contributed by atoms with Crippen LogP contribution in [-0.4, -0.2) is 17.9 Å². The summed E-state index contributed by atoms with van der Waals surface area (Å²) < 4.78 is 12.9. The minimum Gasteiger partial charge on any atom is -0.312 e. The predicted molar refractivity (Wildman–Crippen MR) is 75.8 cm³/mol. The number of guanidine groups is 1. The molecule has 1 aromatic carbocycles. The Hall–Kier alpha value is -2.44. The largest absolute Gasteiger partial charge is 0.323 e. The van der Waals surface area contributed by atoms with Gasteiger partial charge < -0.3 is 5.32 Å². The summed E-state index contributed by atoms with van der Waals surface area (Å²) in [5.41, 5.74) is 0.627. The molecule has 0 saturated carbocycles. The van der Waals surface area contributed by atoms with Gasteiger partial charge in [-0.15, -0.1) is 0 Å². The van der Waals surface area contributed by atoms with Crippen molar-refractivity contribution in [1.29, 1.82) is 0 Å². The Labute approximate surface area is 121 Å². The monoisotopic (exact) mass is 292 g/mol. The lowest BCUT2D eigenvalue weighted by Crippen LogP contribution is -2.52. The highest BCUT2D eigenvalue weighted by Crippen LogP contribution is 2.16. The fourth-order valence-corrected chi connectivity index (χ4v) is 1.88. The van der Waals surface area contributed by atoms with Gasteiger partial charge in [-0.2, -0.15) is 0 Å². The van der Waals surface area contributed by atoms with E-state index in [0.29, 0.717) is 12.0 Å². The molecule has 0 aliphatic carbocycles. The standard InChI is InChI=1S/C14H17FN4O2/c1-8(2)7-11(20)16-13-17-12(18-14(21)19-13)9-3-5-10(15)6-4-9/h3-6,8,12H,7H2,1-2H3,(H3,16,17,18,19,20,21). The molecule has 0 fully saturated rings. The zero-order valence-corrected chi connectivity index (χ0v) is 11.8. The second-order valence-corrected chi connectivity index (χ2v) is 5.18. The molecule has 1 aliphatic heterocycles. The maximum atomic E-state index is 12.9. The van der Waals surface area contributed by atoms with Crippen molar-refractivity contribution in [3.8, 4) is 0 Å². The van der Waals surface area contributed by atoms with Crippen LogP contribution in [0.15, 0.2) is 29.3 Å². The first-order chi connectivity index (χ1) is 9.94. The highest BCUT2D eigenvalue weighted by molar-refractivity contribution is 6.05. The number of benzene rings is 1. The summed E-state index contributed by atoms with van der Waals surface area (Å²) >= 11 is 0. The van der Waals surface area contributed by atoms with Crippen LogP contribution in [0, 0.1) is 11.7 Å². The van der Waals surface area contributed by atoms with Crippen molar-refractivity contribution >= 4 is 17.9 Å². The van der Waals surface area contributed by atoms with Crippen molar-refractivity contribution in [2.45, 2.75) is 26.4 Å². The van der Waals surface area contributed by atoms with Gasteiger partial charge in [0.2, 0.25) is 11.9 Å². The summed E-state index contributed by atoms with van der Waals surface area (Å²) in [5, 5.41) is 7.57. The highest BCUT2D eigenvalue weighted by atomic mass is 19.1. The first-order valence-corrected chi connectivity index (χ1v) is 6.64. The average molecular weight is 292 g/mol. The molecule has 1 aromatic rings. The number of carbonyl (C=O) groups is 2. The molecule has 1 heterocycles. The van der Waals surface area contributed by atoms with Crippen LogP contribution in [0.25, 0.3) is 0 Å². The molecule has 1 unspecified atom stereocenters. The van der Waals surface area contributed by atoms with Crippen LogP contribution in [0.5, 0.6) is 0 Å². The average Bonchev–Trinajstić information content (AvgIpc) is 2.37. The van der Waals surface area contributed by atoms with E-state index >= 15 is 0 Å². The summed E-state index contributed by atoms with van der Waals surface area (Å²) in [5.74, 6) is -0.285. The summed E-state index contributed by atoms with van der Waals surface area (Å²) in [6.07, 6.45) is -0.322. The van der Waals surface area contributed by atoms with E-state index in [4.69, 9.17) is 0 Å². The van der Waals surface area contributed by atoms with E-state index in [1.165, 1.54) is 24.3 Å². The van der Waals surface area contributed by atoms with Crippen molar-refractivity contribution in [3.63, 3.8) is 0 Å². The summed E-state index contributed by atoms with van der Waals surface area (Å²) in [4.78, 5) is 27.5. The maximum absolute atomic E-state index is 12.9. The molecule has 2 rings (SSSR count). The van der Waals surface area contributed by atoms with Gasteiger partial charge in [0.1, 0.15) is 5.82 Å². The van der Waals surface area contributed by atoms with Crippen LogP contribution in [-0.2, 0) is 4.79 Å². The molecule has 6 nitrogen and oxygen atoms in total. The number of hydrogen-bond acceptors (Lipinski definition) is 3. The van der Waals surface area contributed by atoms with E-state index < -0.39 is 12.2 Å². The molecule has 0 radical (unpaired) electrons. The Morgan fingerprint density at radius 2 is 2.05 bits per heavy atom. The molecular weight excluding hydrogens is 275 g/mol. The van der Waals surface area contributed by atoms with Gasteiger partial charge in [-0.3, -0.25) is 15.4 Å². The third-order valence-corrected chi connectivity index (χ3v) is 2.80. The third-order valence-electron chi connectivity index (χ3n) is 2.80. The summed E-state index contributed by atoms with van der Waals surface area (Å²) in [6.45, 7) is 3.84. The molecule has 7 heteroatoms. The number of urea groups is 1.